The molecular formula is C20H24N2O4. The first-order valence-electron chi connectivity index (χ1n) is 8.47. The summed E-state index contributed by atoms with van der Waals surface area (Å²) in [6.45, 7) is 1.14. The molecule has 0 spiro atoms. The molecule has 0 aliphatic rings. The van der Waals surface area contributed by atoms with Crippen molar-refractivity contribution >= 4 is 11.8 Å². The van der Waals surface area contributed by atoms with E-state index in [2.05, 4.69) is 5.32 Å². The molecule has 1 N–H and O–H groups in total. The minimum absolute atomic E-state index is 0.0971. The van der Waals surface area contributed by atoms with Crippen LogP contribution in [0.5, 0.6) is 11.5 Å². The van der Waals surface area contributed by atoms with Gasteiger partial charge in [0.15, 0.2) is 0 Å². The number of nitrogens with zero attached hydrogens (tertiary/aromatic N) is 1. The van der Waals surface area contributed by atoms with E-state index in [4.69, 9.17) is 9.47 Å². The van der Waals surface area contributed by atoms with Gasteiger partial charge in [0.1, 0.15) is 24.7 Å². The molecule has 0 aliphatic heterocycles. The van der Waals surface area contributed by atoms with Gasteiger partial charge in [0, 0.05) is 32.6 Å². The lowest BCUT2D eigenvalue weighted by atomic mass is 10.2. The Morgan fingerprint density at radius 2 is 1.62 bits per heavy atom. The van der Waals surface area contributed by atoms with Gasteiger partial charge in [0.25, 0.3) is 5.91 Å². The van der Waals surface area contributed by atoms with E-state index in [-0.39, 0.29) is 18.2 Å². The van der Waals surface area contributed by atoms with Gasteiger partial charge in [-0.25, -0.2) is 0 Å². The standard InChI is InChI=1S/C20H24N2O4/c1-21-19(23)11-12-22(2)20(24)16-7-6-10-18(15-16)26-14-13-25-17-8-4-3-5-9-17/h3-10,15H,11-14H2,1-2H3,(H,21,23). The fraction of sp³-hybridized carbons (Fsp3) is 0.300. The minimum Gasteiger partial charge on any atom is -0.490 e. The molecule has 2 rings (SSSR count). The summed E-state index contributed by atoms with van der Waals surface area (Å²) in [6.07, 6.45) is 0.270. The summed E-state index contributed by atoms with van der Waals surface area (Å²) in [7, 11) is 3.25. The van der Waals surface area contributed by atoms with Crippen molar-refractivity contribution in [2.45, 2.75) is 6.42 Å². The van der Waals surface area contributed by atoms with Crippen LogP contribution < -0.4 is 14.8 Å². The zero-order valence-corrected chi connectivity index (χ0v) is 15.1. The maximum atomic E-state index is 12.4. The molecule has 0 bridgehead atoms. The van der Waals surface area contributed by atoms with Crippen molar-refractivity contribution in [1.29, 1.82) is 0 Å². The molecule has 0 heterocycles. The Labute approximate surface area is 153 Å². The van der Waals surface area contributed by atoms with Crippen molar-refractivity contribution in [1.82, 2.24) is 10.2 Å². The Morgan fingerprint density at radius 3 is 2.31 bits per heavy atom. The number of carbonyl (C=O) groups is 2. The van der Waals surface area contributed by atoms with Crippen molar-refractivity contribution < 1.29 is 19.1 Å². The second-order valence-corrected chi connectivity index (χ2v) is 5.69. The SMILES string of the molecule is CNC(=O)CCN(C)C(=O)c1cccc(OCCOc2ccccc2)c1. The number of rotatable bonds is 9. The average molecular weight is 356 g/mol. The number of hydrogen-bond donors (Lipinski definition) is 1. The van der Waals surface area contributed by atoms with Gasteiger partial charge in [0.2, 0.25) is 5.91 Å². The summed E-state index contributed by atoms with van der Waals surface area (Å²) in [5.74, 6) is 1.14. The summed E-state index contributed by atoms with van der Waals surface area (Å²) >= 11 is 0. The van der Waals surface area contributed by atoms with Crippen LogP contribution in [0.3, 0.4) is 0 Å². The molecule has 2 aromatic rings. The molecule has 0 fully saturated rings. The largest absolute Gasteiger partial charge is 0.490 e. The normalized spacial score (nSPS) is 10.1. The lowest BCUT2D eigenvalue weighted by molar-refractivity contribution is -0.120. The molecule has 0 radical (unpaired) electrons. The maximum Gasteiger partial charge on any atom is 0.253 e. The molecule has 0 aromatic heterocycles. The molecule has 0 aliphatic carbocycles. The molecule has 26 heavy (non-hydrogen) atoms. The zero-order chi connectivity index (χ0) is 18.8. The van der Waals surface area contributed by atoms with Gasteiger partial charge < -0.3 is 19.7 Å². The van der Waals surface area contributed by atoms with Crippen LogP contribution in [0, 0.1) is 0 Å². The number of ether oxygens (including phenoxy) is 2. The highest BCUT2D eigenvalue weighted by Crippen LogP contribution is 2.15. The summed E-state index contributed by atoms with van der Waals surface area (Å²) in [4.78, 5) is 25.2. The van der Waals surface area contributed by atoms with Crippen molar-refractivity contribution in [3.63, 3.8) is 0 Å². The molecule has 0 saturated carbocycles. The number of amides is 2. The molecule has 6 nitrogen and oxygen atoms in total. The first-order valence-corrected chi connectivity index (χ1v) is 8.47. The topological polar surface area (TPSA) is 67.9 Å². The van der Waals surface area contributed by atoms with Gasteiger partial charge in [-0.1, -0.05) is 24.3 Å². The van der Waals surface area contributed by atoms with E-state index < -0.39 is 0 Å². The third-order valence-electron chi connectivity index (χ3n) is 3.74. The van der Waals surface area contributed by atoms with Crippen LogP contribution in [0.15, 0.2) is 54.6 Å². The van der Waals surface area contributed by atoms with E-state index in [0.717, 1.165) is 5.75 Å². The highest BCUT2D eigenvalue weighted by atomic mass is 16.5. The molecule has 2 amide bonds. The number of nitrogens with one attached hydrogen (secondary N) is 1. The highest BCUT2D eigenvalue weighted by Gasteiger charge is 2.13. The number of para-hydroxylation sites is 1. The molecule has 0 atom stereocenters. The summed E-state index contributed by atoms with van der Waals surface area (Å²) in [5.41, 5.74) is 0.519. The van der Waals surface area contributed by atoms with Crippen molar-refractivity contribution in [2.24, 2.45) is 0 Å². The minimum atomic E-state index is -0.153. The lowest BCUT2D eigenvalue weighted by Crippen LogP contribution is -2.31. The van der Waals surface area contributed by atoms with Gasteiger partial charge in [-0.3, -0.25) is 9.59 Å². The molecule has 0 unspecified atom stereocenters. The fourth-order valence-electron chi connectivity index (χ4n) is 2.27. The van der Waals surface area contributed by atoms with Gasteiger partial charge in [-0.05, 0) is 30.3 Å². The molecule has 6 heteroatoms. The van der Waals surface area contributed by atoms with Crippen LogP contribution in [0.2, 0.25) is 0 Å². The van der Waals surface area contributed by atoms with Crippen molar-refractivity contribution in [3.8, 4) is 11.5 Å². The predicted octanol–water partition coefficient (Wildman–Crippen LogP) is 2.35. The van der Waals surface area contributed by atoms with Crippen LogP contribution in [0.25, 0.3) is 0 Å². The van der Waals surface area contributed by atoms with E-state index in [9.17, 15) is 9.59 Å². The Bertz CT molecular complexity index is 719. The second-order valence-electron chi connectivity index (χ2n) is 5.69. The molecular weight excluding hydrogens is 332 g/mol. The van der Waals surface area contributed by atoms with E-state index in [0.29, 0.717) is 31.1 Å². The Morgan fingerprint density at radius 1 is 0.962 bits per heavy atom. The van der Waals surface area contributed by atoms with Crippen LogP contribution in [0.1, 0.15) is 16.8 Å². The van der Waals surface area contributed by atoms with E-state index in [1.54, 1.807) is 38.4 Å². The van der Waals surface area contributed by atoms with Gasteiger partial charge in [-0.2, -0.15) is 0 Å². The van der Waals surface area contributed by atoms with Crippen LogP contribution >= 0.6 is 0 Å². The third kappa shape index (κ3) is 6.12. The predicted molar refractivity (Wildman–Crippen MR) is 99.5 cm³/mol. The van der Waals surface area contributed by atoms with E-state index in [1.807, 2.05) is 30.3 Å². The summed E-state index contributed by atoms with van der Waals surface area (Å²) in [5, 5.41) is 2.54. The lowest BCUT2D eigenvalue weighted by Gasteiger charge is -2.17. The van der Waals surface area contributed by atoms with Crippen LogP contribution in [-0.2, 0) is 4.79 Å². The van der Waals surface area contributed by atoms with E-state index in [1.165, 1.54) is 4.90 Å². The first kappa shape index (κ1) is 19.3. The average Bonchev–Trinajstić information content (AvgIpc) is 2.69. The Balaban J connectivity index is 1.82. The number of carbonyl (C=O) groups excluding carboxylic acids is 2. The Hall–Kier alpha value is -3.02. The highest BCUT2D eigenvalue weighted by molar-refractivity contribution is 5.94. The van der Waals surface area contributed by atoms with Gasteiger partial charge >= 0.3 is 0 Å². The molecule has 2 aromatic carbocycles. The smallest absolute Gasteiger partial charge is 0.253 e. The van der Waals surface area contributed by atoms with Crippen LogP contribution in [0.4, 0.5) is 0 Å². The van der Waals surface area contributed by atoms with Crippen molar-refractivity contribution in [2.75, 3.05) is 33.9 Å². The number of hydrogen-bond acceptors (Lipinski definition) is 4. The first-order chi connectivity index (χ1) is 12.6. The Kier molecular flexibility index (Phi) is 7.49. The fourth-order valence-corrected chi connectivity index (χ4v) is 2.27. The number of benzene rings is 2. The summed E-state index contributed by atoms with van der Waals surface area (Å²) < 4.78 is 11.2. The van der Waals surface area contributed by atoms with E-state index >= 15 is 0 Å². The van der Waals surface area contributed by atoms with Gasteiger partial charge in [0.05, 0.1) is 0 Å². The molecule has 0 saturated heterocycles. The zero-order valence-electron chi connectivity index (χ0n) is 15.1. The maximum absolute atomic E-state index is 12.4. The quantitative estimate of drug-likeness (QED) is 0.701. The van der Waals surface area contributed by atoms with Gasteiger partial charge in [-0.15, -0.1) is 0 Å². The monoisotopic (exact) mass is 356 g/mol. The second kappa shape index (κ2) is 10.1. The summed E-state index contributed by atoms with van der Waals surface area (Å²) in [6, 6.07) is 16.5. The van der Waals surface area contributed by atoms with Crippen LogP contribution in [-0.4, -0.2) is 50.6 Å². The third-order valence-corrected chi connectivity index (χ3v) is 3.74. The van der Waals surface area contributed by atoms with Crippen molar-refractivity contribution in [3.05, 3.63) is 60.2 Å². The molecule has 138 valence electrons.